The second kappa shape index (κ2) is 8.32. The number of aryl methyl sites for hydroxylation is 3. The Balaban J connectivity index is 1.99. The Morgan fingerprint density at radius 3 is 2.26 bits per heavy atom. The van der Waals surface area contributed by atoms with Crippen molar-refractivity contribution in [3.8, 4) is 5.75 Å². The molecule has 0 saturated heterocycles. The minimum atomic E-state index is -3.75. The molecule has 27 heavy (non-hydrogen) atoms. The maximum Gasteiger partial charge on any atom is 0.255 e. The number of hydrazone groups is 1. The van der Waals surface area contributed by atoms with Gasteiger partial charge in [-0.05, 0) is 61.7 Å². The second-order valence-corrected chi connectivity index (χ2v) is 8.42. The van der Waals surface area contributed by atoms with Crippen molar-refractivity contribution in [2.45, 2.75) is 25.7 Å². The number of sulfonamides is 1. The lowest BCUT2D eigenvalue weighted by molar-refractivity contribution is -0.121. The summed E-state index contributed by atoms with van der Waals surface area (Å²) in [6.45, 7) is 5.04. The first-order valence-corrected chi connectivity index (χ1v) is 9.70. The first-order valence-electron chi connectivity index (χ1n) is 8.26. The largest absolute Gasteiger partial charge is 0.507 e. The van der Waals surface area contributed by atoms with E-state index in [1.165, 1.54) is 25.4 Å². The molecule has 2 aromatic carbocycles. The highest BCUT2D eigenvalue weighted by Gasteiger charge is 2.22. The molecular formula is C19H23N3O4S. The Bertz CT molecular complexity index is 944. The van der Waals surface area contributed by atoms with Gasteiger partial charge in [-0.1, -0.05) is 17.7 Å². The predicted octanol–water partition coefficient (Wildman–Crippen LogP) is 2.09. The van der Waals surface area contributed by atoms with Gasteiger partial charge in [0.05, 0.1) is 17.7 Å². The van der Waals surface area contributed by atoms with E-state index in [0.29, 0.717) is 16.7 Å². The highest BCUT2D eigenvalue weighted by Crippen LogP contribution is 2.22. The zero-order valence-electron chi connectivity index (χ0n) is 15.7. The number of phenols is 1. The van der Waals surface area contributed by atoms with E-state index in [9.17, 15) is 18.3 Å². The monoisotopic (exact) mass is 389 g/mol. The molecule has 0 heterocycles. The van der Waals surface area contributed by atoms with Crippen LogP contribution in [0.2, 0.25) is 0 Å². The molecule has 0 aromatic heterocycles. The molecule has 8 heteroatoms. The van der Waals surface area contributed by atoms with E-state index in [1.807, 2.05) is 6.92 Å². The highest BCUT2D eigenvalue weighted by atomic mass is 32.2. The summed E-state index contributed by atoms with van der Waals surface area (Å²) in [6.07, 6.45) is 1.44. The lowest BCUT2D eigenvalue weighted by Crippen LogP contribution is -2.36. The number of carbonyl (C=O) groups excluding carboxylic acids is 1. The van der Waals surface area contributed by atoms with Crippen molar-refractivity contribution < 1.29 is 18.3 Å². The summed E-state index contributed by atoms with van der Waals surface area (Å²) in [5.74, 6) is -0.337. The van der Waals surface area contributed by atoms with Crippen molar-refractivity contribution in [1.29, 1.82) is 0 Å². The minimum absolute atomic E-state index is 0.127. The SMILES string of the molecule is Cc1ccc(S(=O)(=O)N(C)CC(=O)N/N=C/c2cc(C)c(O)c(C)c2)cc1. The number of nitrogens with zero attached hydrogens (tertiary/aromatic N) is 2. The summed E-state index contributed by atoms with van der Waals surface area (Å²) < 4.78 is 25.9. The molecule has 0 fully saturated rings. The van der Waals surface area contributed by atoms with Crippen LogP contribution in [0.5, 0.6) is 5.75 Å². The smallest absolute Gasteiger partial charge is 0.255 e. The molecule has 2 aromatic rings. The molecule has 0 atom stereocenters. The Morgan fingerprint density at radius 1 is 1.15 bits per heavy atom. The summed E-state index contributed by atoms with van der Waals surface area (Å²) >= 11 is 0. The van der Waals surface area contributed by atoms with Crippen molar-refractivity contribution in [1.82, 2.24) is 9.73 Å². The number of aromatic hydroxyl groups is 1. The summed E-state index contributed by atoms with van der Waals surface area (Å²) in [5.41, 5.74) is 5.37. The van der Waals surface area contributed by atoms with E-state index in [4.69, 9.17) is 0 Å². The number of carbonyl (C=O) groups is 1. The average molecular weight is 389 g/mol. The van der Waals surface area contributed by atoms with E-state index in [2.05, 4.69) is 10.5 Å². The minimum Gasteiger partial charge on any atom is -0.507 e. The van der Waals surface area contributed by atoms with Gasteiger partial charge in [-0.2, -0.15) is 9.41 Å². The molecule has 2 N–H and O–H groups in total. The fourth-order valence-electron chi connectivity index (χ4n) is 2.46. The molecular weight excluding hydrogens is 366 g/mol. The average Bonchev–Trinajstić information content (AvgIpc) is 2.59. The number of nitrogens with one attached hydrogen (secondary N) is 1. The van der Waals surface area contributed by atoms with Crippen LogP contribution in [0.3, 0.4) is 0 Å². The third-order valence-electron chi connectivity index (χ3n) is 4.01. The quantitative estimate of drug-likeness (QED) is 0.584. The summed E-state index contributed by atoms with van der Waals surface area (Å²) in [5, 5.41) is 13.6. The lowest BCUT2D eigenvalue weighted by atomic mass is 10.1. The van der Waals surface area contributed by atoms with E-state index in [0.717, 1.165) is 9.87 Å². The summed E-state index contributed by atoms with van der Waals surface area (Å²) in [4.78, 5) is 12.1. The molecule has 0 radical (unpaired) electrons. The van der Waals surface area contributed by atoms with Crippen LogP contribution < -0.4 is 5.43 Å². The summed E-state index contributed by atoms with van der Waals surface area (Å²) in [7, 11) is -2.41. The van der Waals surface area contributed by atoms with Crippen LogP contribution in [0.1, 0.15) is 22.3 Å². The van der Waals surface area contributed by atoms with Crippen LogP contribution in [0.15, 0.2) is 46.4 Å². The molecule has 1 amide bonds. The number of amides is 1. The third kappa shape index (κ3) is 5.15. The Labute approximate surface area is 159 Å². The second-order valence-electron chi connectivity index (χ2n) is 6.37. The molecule has 0 bridgehead atoms. The number of phenolic OH excluding ortho intramolecular Hbond substituents is 1. The van der Waals surface area contributed by atoms with Gasteiger partial charge in [0.1, 0.15) is 5.75 Å². The predicted molar refractivity (Wildman–Crippen MR) is 104 cm³/mol. The van der Waals surface area contributed by atoms with Gasteiger partial charge >= 0.3 is 0 Å². The first-order chi connectivity index (χ1) is 12.6. The van der Waals surface area contributed by atoms with Crippen molar-refractivity contribution >= 4 is 22.1 Å². The number of rotatable bonds is 6. The Kier molecular flexibility index (Phi) is 6.35. The Hall–Kier alpha value is -2.71. The molecule has 0 aliphatic rings. The Morgan fingerprint density at radius 2 is 1.70 bits per heavy atom. The van der Waals surface area contributed by atoms with Crippen LogP contribution in [0.25, 0.3) is 0 Å². The van der Waals surface area contributed by atoms with Crippen molar-refractivity contribution in [2.75, 3.05) is 13.6 Å². The van der Waals surface area contributed by atoms with Gasteiger partial charge < -0.3 is 5.11 Å². The van der Waals surface area contributed by atoms with Crippen LogP contribution in [-0.4, -0.2) is 43.5 Å². The van der Waals surface area contributed by atoms with Gasteiger partial charge in [0.2, 0.25) is 10.0 Å². The van der Waals surface area contributed by atoms with Crippen molar-refractivity contribution in [3.63, 3.8) is 0 Å². The molecule has 7 nitrogen and oxygen atoms in total. The zero-order valence-corrected chi connectivity index (χ0v) is 16.5. The van der Waals surface area contributed by atoms with Gasteiger partial charge in [-0.15, -0.1) is 0 Å². The van der Waals surface area contributed by atoms with Crippen LogP contribution in [0, 0.1) is 20.8 Å². The molecule has 2 rings (SSSR count). The van der Waals surface area contributed by atoms with E-state index < -0.39 is 15.9 Å². The number of benzene rings is 2. The van der Waals surface area contributed by atoms with Gasteiger partial charge in [-0.25, -0.2) is 13.8 Å². The van der Waals surface area contributed by atoms with E-state index in [-0.39, 0.29) is 17.2 Å². The fraction of sp³-hybridized carbons (Fsp3) is 0.263. The fourth-order valence-corrected chi connectivity index (χ4v) is 3.58. The van der Waals surface area contributed by atoms with Gasteiger partial charge in [0.25, 0.3) is 5.91 Å². The van der Waals surface area contributed by atoms with Crippen LogP contribution >= 0.6 is 0 Å². The maximum absolute atomic E-state index is 12.5. The van der Waals surface area contributed by atoms with Gasteiger partial charge in [0, 0.05) is 7.05 Å². The van der Waals surface area contributed by atoms with Crippen LogP contribution in [-0.2, 0) is 14.8 Å². The van der Waals surface area contributed by atoms with E-state index >= 15 is 0 Å². The lowest BCUT2D eigenvalue weighted by Gasteiger charge is -2.16. The molecule has 0 saturated carbocycles. The van der Waals surface area contributed by atoms with Gasteiger partial charge in [-0.3, -0.25) is 4.79 Å². The number of hydrogen-bond acceptors (Lipinski definition) is 5. The van der Waals surface area contributed by atoms with E-state index in [1.54, 1.807) is 38.1 Å². The summed E-state index contributed by atoms with van der Waals surface area (Å²) in [6, 6.07) is 9.87. The molecule has 0 spiro atoms. The number of likely N-dealkylation sites (N-methyl/N-ethyl adjacent to an activating group) is 1. The maximum atomic E-state index is 12.5. The normalized spacial score (nSPS) is 11.9. The molecule has 0 aliphatic heterocycles. The first kappa shape index (κ1) is 20.6. The highest BCUT2D eigenvalue weighted by molar-refractivity contribution is 7.89. The molecule has 144 valence electrons. The van der Waals surface area contributed by atoms with Crippen LogP contribution in [0.4, 0.5) is 0 Å². The number of hydrogen-bond donors (Lipinski definition) is 2. The standard InChI is InChI=1S/C19H23N3O4S/c1-13-5-7-17(8-6-13)27(25,26)22(4)12-18(23)21-20-11-16-9-14(2)19(24)15(3)10-16/h5-11,24H,12H2,1-4H3,(H,21,23)/b20-11+. The molecule has 0 unspecified atom stereocenters. The third-order valence-corrected chi connectivity index (χ3v) is 5.83. The van der Waals surface area contributed by atoms with Gasteiger partial charge in [0.15, 0.2) is 0 Å². The van der Waals surface area contributed by atoms with Crippen molar-refractivity contribution in [3.05, 3.63) is 58.7 Å². The topological polar surface area (TPSA) is 99.1 Å². The zero-order chi connectivity index (χ0) is 20.2. The van der Waals surface area contributed by atoms with Crippen molar-refractivity contribution in [2.24, 2.45) is 5.10 Å². The molecule has 0 aliphatic carbocycles.